The highest BCUT2D eigenvalue weighted by Crippen LogP contribution is 2.43. The van der Waals surface area contributed by atoms with Crippen LogP contribution in [0.1, 0.15) is 18.2 Å². The quantitative estimate of drug-likeness (QED) is 0.420. The lowest BCUT2D eigenvalue weighted by molar-refractivity contribution is -0.162. The van der Waals surface area contributed by atoms with E-state index in [0.717, 1.165) is 22.3 Å². The molecule has 3 heterocycles. The normalized spacial score (nSPS) is 15.3. The van der Waals surface area contributed by atoms with Gasteiger partial charge in [-0.1, -0.05) is 18.2 Å². The largest absolute Gasteiger partial charge is 0.493 e. The number of rotatable bonds is 6. The summed E-state index contributed by atoms with van der Waals surface area (Å²) in [6.45, 7) is 3.64. The molecule has 0 aliphatic carbocycles. The molecule has 5 rings (SSSR count). The lowest BCUT2D eigenvalue weighted by Gasteiger charge is -2.26. The molecule has 1 aliphatic heterocycles. The van der Waals surface area contributed by atoms with Crippen LogP contribution in [0.3, 0.4) is 0 Å². The van der Waals surface area contributed by atoms with Gasteiger partial charge in [-0.3, -0.25) is 4.98 Å². The zero-order valence-corrected chi connectivity index (χ0v) is 17.6. The minimum Gasteiger partial charge on any atom is -0.493 e. The van der Waals surface area contributed by atoms with E-state index in [-0.39, 0.29) is 0 Å². The Hall–Kier alpha value is -3.35. The van der Waals surface area contributed by atoms with Crippen LogP contribution in [0.5, 0.6) is 5.75 Å². The van der Waals surface area contributed by atoms with Crippen LogP contribution < -0.4 is 9.64 Å². The van der Waals surface area contributed by atoms with Crippen molar-refractivity contribution in [1.29, 1.82) is 0 Å². The highest BCUT2D eigenvalue weighted by atomic mass is 16.7. The van der Waals surface area contributed by atoms with Crippen molar-refractivity contribution in [2.75, 3.05) is 25.2 Å². The maximum Gasteiger partial charge on any atom is 0.225 e. The van der Waals surface area contributed by atoms with Crippen molar-refractivity contribution < 1.29 is 18.6 Å². The van der Waals surface area contributed by atoms with Crippen LogP contribution in [0, 0.1) is 0 Å². The molecule has 31 heavy (non-hydrogen) atoms. The SMILES string of the molecule is COc1ccc(N(Cc2ccncc2)c2ccccc2)c2cc(C3(C)OCCO3)oc12. The highest BCUT2D eigenvalue weighted by molar-refractivity contribution is 5.97. The second kappa shape index (κ2) is 8.06. The molecule has 2 aromatic carbocycles. The zero-order valence-electron chi connectivity index (χ0n) is 17.6. The summed E-state index contributed by atoms with van der Waals surface area (Å²) >= 11 is 0. The van der Waals surface area contributed by atoms with E-state index in [0.29, 0.717) is 36.9 Å². The molecule has 0 atom stereocenters. The third-order valence-corrected chi connectivity index (χ3v) is 5.58. The van der Waals surface area contributed by atoms with Crippen LogP contribution in [0.4, 0.5) is 11.4 Å². The average molecular weight is 416 g/mol. The molecule has 0 saturated carbocycles. The number of para-hydroxylation sites is 1. The van der Waals surface area contributed by atoms with Gasteiger partial charge in [-0.05, 0) is 55.0 Å². The standard InChI is InChI=1S/C25H24N2O4/c1-25(29-14-15-30-25)23-16-20-21(8-9-22(28-2)24(20)31-23)27(19-6-4-3-5-7-19)17-18-10-12-26-13-11-18/h3-13,16H,14-15,17H2,1-2H3. The Balaban J connectivity index is 1.67. The molecular weight excluding hydrogens is 392 g/mol. The van der Waals surface area contributed by atoms with E-state index in [1.807, 2.05) is 61.8 Å². The first-order valence-corrected chi connectivity index (χ1v) is 10.3. The summed E-state index contributed by atoms with van der Waals surface area (Å²) in [5.74, 6) is 0.399. The molecule has 1 aliphatic rings. The molecule has 4 aromatic rings. The van der Waals surface area contributed by atoms with Gasteiger partial charge in [0, 0.05) is 30.0 Å². The number of anilines is 2. The van der Waals surface area contributed by atoms with Gasteiger partial charge in [0.15, 0.2) is 17.1 Å². The third-order valence-electron chi connectivity index (χ3n) is 5.58. The maximum absolute atomic E-state index is 6.24. The van der Waals surface area contributed by atoms with Crippen molar-refractivity contribution in [1.82, 2.24) is 4.98 Å². The molecule has 0 spiro atoms. The van der Waals surface area contributed by atoms with Crippen LogP contribution >= 0.6 is 0 Å². The predicted octanol–water partition coefficient (Wildman–Crippen LogP) is 5.39. The molecular formula is C25H24N2O4. The number of furan rings is 1. The molecule has 0 radical (unpaired) electrons. The summed E-state index contributed by atoms with van der Waals surface area (Å²) in [7, 11) is 1.65. The molecule has 158 valence electrons. The van der Waals surface area contributed by atoms with Crippen LogP contribution in [0.2, 0.25) is 0 Å². The van der Waals surface area contributed by atoms with Crippen molar-refractivity contribution in [3.8, 4) is 5.75 Å². The number of nitrogens with zero attached hydrogens (tertiary/aromatic N) is 2. The van der Waals surface area contributed by atoms with E-state index in [9.17, 15) is 0 Å². The molecule has 6 heteroatoms. The van der Waals surface area contributed by atoms with Gasteiger partial charge >= 0.3 is 0 Å². The summed E-state index contributed by atoms with van der Waals surface area (Å²) in [6, 6.07) is 20.3. The molecule has 2 aromatic heterocycles. The second-order valence-electron chi connectivity index (χ2n) is 7.56. The van der Waals surface area contributed by atoms with E-state index < -0.39 is 5.79 Å². The summed E-state index contributed by atoms with van der Waals surface area (Å²) in [5.41, 5.74) is 3.91. The van der Waals surface area contributed by atoms with Crippen molar-refractivity contribution in [2.45, 2.75) is 19.3 Å². The van der Waals surface area contributed by atoms with Gasteiger partial charge in [-0.25, -0.2) is 0 Å². The topological polar surface area (TPSA) is 57.0 Å². The lowest BCUT2D eigenvalue weighted by Crippen LogP contribution is -2.21. The van der Waals surface area contributed by atoms with Crippen LogP contribution in [-0.2, 0) is 21.8 Å². The molecule has 0 amide bonds. The molecule has 0 N–H and O–H groups in total. The van der Waals surface area contributed by atoms with Crippen molar-refractivity contribution in [3.63, 3.8) is 0 Å². The molecule has 6 nitrogen and oxygen atoms in total. The highest BCUT2D eigenvalue weighted by Gasteiger charge is 2.37. The number of hydrogen-bond donors (Lipinski definition) is 0. The van der Waals surface area contributed by atoms with E-state index >= 15 is 0 Å². The monoisotopic (exact) mass is 416 g/mol. The van der Waals surface area contributed by atoms with E-state index in [1.54, 1.807) is 7.11 Å². The van der Waals surface area contributed by atoms with Crippen molar-refractivity contribution in [3.05, 3.63) is 84.4 Å². The third kappa shape index (κ3) is 3.65. The minimum absolute atomic E-state index is 0.537. The van der Waals surface area contributed by atoms with Gasteiger partial charge in [-0.15, -0.1) is 0 Å². The van der Waals surface area contributed by atoms with Gasteiger partial charge in [0.05, 0.1) is 26.0 Å². The first-order chi connectivity index (χ1) is 15.2. The fourth-order valence-electron chi connectivity index (χ4n) is 3.96. The molecule has 0 bridgehead atoms. The number of aromatic nitrogens is 1. The number of methoxy groups -OCH3 is 1. The fraction of sp³-hybridized carbons (Fsp3) is 0.240. The van der Waals surface area contributed by atoms with Gasteiger partial charge in [0.25, 0.3) is 0 Å². The fourth-order valence-corrected chi connectivity index (χ4v) is 3.96. The van der Waals surface area contributed by atoms with Crippen LogP contribution in [0.25, 0.3) is 11.0 Å². The Kier molecular flexibility index (Phi) is 5.10. The maximum atomic E-state index is 6.24. The second-order valence-corrected chi connectivity index (χ2v) is 7.56. The Morgan fingerprint density at radius 3 is 2.45 bits per heavy atom. The number of fused-ring (bicyclic) bond motifs is 1. The van der Waals surface area contributed by atoms with Gasteiger partial charge in [0.2, 0.25) is 5.79 Å². The van der Waals surface area contributed by atoms with Crippen LogP contribution in [-0.4, -0.2) is 25.3 Å². The first kappa shape index (κ1) is 19.6. The summed E-state index contributed by atoms with van der Waals surface area (Å²) in [4.78, 5) is 6.41. The lowest BCUT2D eigenvalue weighted by atomic mass is 10.1. The summed E-state index contributed by atoms with van der Waals surface area (Å²) < 4.78 is 23.5. The van der Waals surface area contributed by atoms with Crippen molar-refractivity contribution >= 4 is 22.3 Å². The molecule has 1 fully saturated rings. The Morgan fingerprint density at radius 2 is 1.74 bits per heavy atom. The summed E-state index contributed by atoms with van der Waals surface area (Å²) in [6.07, 6.45) is 3.63. The predicted molar refractivity (Wildman–Crippen MR) is 119 cm³/mol. The summed E-state index contributed by atoms with van der Waals surface area (Å²) in [5, 5.41) is 0.938. The number of pyridine rings is 1. The number of ether oxygens (including phenoxy) is 3. The minimum atomic E-state index is -0.899. The van der Waals surface area contributed by atoms with Gasteiger partial charge < -0.3 is 23.5 Å². The van der Waals surface area contributed by atoms with Gasteiger partial charge in [0.1, 0.15) is 0 Å². The van der Waals surface area contributed by atoms with Crippen molar-refractivity contribution in [2.24, 2.45) is 0 Å². The van der Waals surface area contributed by atoms with E-state index in [2.05, 4.69) is 28.1 Å². The average Bonchev–Trinajstić information content (AvgIpc) is 3.46. The van der Waals surface area contributed by atoms with E-state index in [1.165, 1.54) is 0 Å². The first-order valence-electron chi connectivity index (χ1n) is 10.3. The Labute approximate surface area is 181 Å². The Bertz CT molecular complexity index is 1170. The molecule has 1 saturated heterocycles. The zero-order chi connectivity index (χ0) is 21.3. The van der Waals surface area contributed by atoms with E-state index in [4.69, 9.17) is 18.6 Å². The number of benzene rings is 2. The smallest absolute Gasteiger partial charge is 0.225 e. The van der Waals surface area contributed by atoms with Crippen LogP contribution in [0.15, 0.2) is 77.5 Å². The molecule has 0 unspecified atom stereocenters. The number of hydrogen-bond acceptors (Lipinski definition) is 6. The Morgan fingerprint density at radius 1 is 1.00 bits per heavy atom. The van der Waals surface area contributed by atoms with Gasteiger partial charge in [-0.2, -0.15) is 0 Å².